The first-order valence-corrected chi connectivity index (χ1v) is 13.1. The van der Waals surface area contributed by atoms with E-state index < -0.39 is 6.04 Å². The summed E-state index contributed by atoms with van der Waals surface area (Å²) in [5, 5.41) is 5.00. The highest BCUT2D eigenvalue weighted by Crippen LogP contribution is 2.37. The zero-order valence-electron chi connectivity index (χ0n) is 21.4. The van der Waals surface area contributed by atoms with Crippen molar-refractivity contribution in [3.8, 4) is 5.75 Å². The number of methoxy groups -OCH3 is 1. The monoisotopic (exact) mass is 499 g/mol. The lowest BCUT2D eigenvalue weighted by molar-refractivity contribution is -0.140. The van der Waals surface area contributed by atoms with Crippen molar-refractivity contribution in [1.29, 1.82) is 0 Å². The second-order valence-corrected chi connectivity index (χ2v) is 9.86. The number of carbonyl (C=O) groups excluding carboxylic acids is 3. The Morgan fingerprint density at radius 1 is 1.08 bits per heavy atom. The van der Waals surface area contributed by atoms with E-state index >= 15 is 0 Å². The van der Waals surface area contributed by atoms with E-state index in [2.05, 4.69) is 5.32 Å². The van der Waals surface area contributed by atoms with Gasteiger partial charge in [-0.3, -0.25) is 19.3 Å². The number of hydrogen-bond acceptors (Lipinski definition) is 4. The number of hydrogen-bond donors (Lipinski definition) is 1. The fourth-order valence-electron chi connectivity index (χ4n) is 5.62. The standard InChI is InChI=1S/C30H33N3O4/c1-3-25(29(35)31-22-12-4-5-13-22)32(18-20-9-6-14-23(17-20)37-2)27(34)19-33-26-16-8-11-21-10-7-15-24(28(21)26)30(33)36/h6-11,14-17,22,25H,3-5,12-13,18-19H2,1-2H3,(H,31,35)/t25-/m1/s1. The Bertz CT molecular complexity index is 1330. The van der Waals surface area contributed by atoms with Crippen LogP contribution in [0.1, 0.15) is 54.9 Å². The molecule has 2 aliphatic rings. The van der Waals surface area contributed by atoms with Crippen molar-refractivity contribution < 1.29 is 19.1 Å². The molecule has 3 aromatic carbocycles. The number of rotatable bonds is 9. The number of ether oxygens (including phenoxy) is 1. The van der Waals surface area contributed by atoms with Crippen molar-refractivity contribution in [2.45, 2.75) is 57.7 Å². The van der Waals surface area contributed by atoms with Crippen LogP contribution < -0.4 is 15.0 Å². The SMILES string of the molecule is CC[C@H](C(=O)NC1CCCC1)N(Cc1cccc(OC)c1)C(=O)CN1C(=O)c2cccc3cccc1c23. The van der Waals surface area contributed by atoms with E-state index in [1.807, 2.05) is 61.5 Å². The van der Waals surface area contributed by atoms with Crippen LogP contribution in [0.4, 0.5) is 5.69 Å². The van der Waals surface area contributed by atoms with Gasteiger partial charge < -0.3 is 15.0 Å². The van der Waals surface area contributed by atoms with Crippen molar-refractivity contribution in [2.24, 2.45) is 0 Å². The lowest BCUT2D eigenvalue weighted by Crippen LogP contribution is -2.53. The fraction of sp³-hybridized carbons (Fsp3) is 0.367. The van der Waals surface area contributed by atoms with E-state index in [9.17, 15) is 14.4 Å². The van der Waals surface area contributed by atoms with Gasteiger partial charge in [0.2, 0.25) is 11.8 Å². The van der Waals surface area contributed by atoms with Gasteiger partial charge >= 0.3 is 0 Å². The Labute approximate surface area is 217 Å². The molecule has 1 fully saturated rings. The summed E-state index contributed by atoms with van der Waals surface area (Å²) < 4.78 is 5.37. The number of amides is 3. The molecule has 3 aromatic rings. The van der Waals surface area contributed by atoms with Crippen molar-refractivity contribution in [2.75, 3.05) is 18.6 Å². The molecule has 7 nitrogen and oxygen atoms in total. The average Bonchev–Trinajstić information content (AvgIpc) is 3.52. The molecule has 0 spiro atoms. The van der Waals surface area contributed by atoms with E-state index in [-0.39, 0.29) is 36.9 Å². The van der Waals surface area contributed by atoms with E-state index in [1.54, 1.807) is 23.0 Å². The third-order valence-corrected chi connectivity index (χ3v) is 7.52. The van der Waals surface area contributed by atoms with Crippen molar-refractivity contribution >= 4 is 34.2 Å². The highest BCUT2D eigenvalue weighted by atomic mass is 16.5. The predicted molar refractivity (Wildman–Crippen MR) is 144 cm³/mol. The third kappa shape index (κ3) is 4.90. The van der Waals surface area contributed by atoms with E-state index in [0.29, 0.717) is 17.7 Å². The van der Waals surface area contributed by atoms with Crippen LogP contribution >= 0.6 is 0 Å². The molecule has 0 radical (unpaired) electrons. The minimum atomic E-state index is -0.643. The molecule has 7 heteroatoms. The molecule has 1 aliphatic heterocycles. The Balaban J connectivity index is 1.44. The normalized spacial score (nSPS) is 15.7. The first-order valence-electron chi connectivity index (χ1n) is 13.1. The highest BCUT2D eigenvalue weighted by Gasteiger charge is 2.35. The molecule has 1 N–H and O–H groups in total. The summed E-state index contributed by atoms with van der Waals surface area (Å²) >= 11 is 0. The number of benzene rings is 3. The molecular formula is C30H33N3O4. The van der Waals surface area contributed by atoms with Crippen LogP contribution in [0, 0.1) is 0 Å². The lowest BCUT2D eigenvalue weighted by Gasteiger charge is -2.33. The van der Waals surface area contributed by atoms with Crippen LogP contribution in [0.25, 0.3) is 10.8 Å². The largest absolute Gasteiger partial charge is 0.497 e. The summed E-state index contributed by atoms with van der Waals surface area (Å²) in [5.74, 6) is 0.0910. The number of anilines is 1. The summed E-state index contributed by atoms with van der Waals surface area (Å²) in [5.41, 5.74) is 2.19. The van der Waals surface area contributed by atoms with Gasteiger partial charge in [-0.2, -0.15) is 0 Å². The van der Waals surface area contributed by atoms with Gasteiger partial charge in [-0.25, -0.2) is 0 Å². The van der Waals surface area contributed by atoms with E-state index in [0.717, 1.165) is 47.7 Å². The third-order valence-electron chi connectivity index (χ3n) is 7.52. The molecule has 1 aliphatic carbocycles. The highest BCUT2D eigenvalue weighted by molar-refractivity contribution is 6.26. The average molecular weight is 500 g/mol. The molecule has 1 heterocycles. The molecule has 5 rings (SSSR count). The Kier molecular flexibility index (Phi) is 7.12. The molecule has 0 saturated heterocycles. The summed E-state index contributed by atoms with van der Waals surface area (Å²) in [7, 11) is 1.60. The van der Waals surface area contributed by atoms with E-state index in [4.69, 9.17) is 4.74 Å². The Morgan fingerprint density at radius 2 is 1.81 bits per heavy atom. The first-order chi connectivity index (χ1) is 18.0. The minimum Gasteiger partial charge on any atom is -0.497 e. The summed E-state index contributed by atoms with van der Waals surface area (Å²) in [6, 6.07) is 18.4. The second kappa shape index (κ2) is 10.6. The van der Waals surface area contributed by atoms with Gasteiger partial charge in [0, 0.05) is 23.5 Å². The number of nitrogens with one attached hydrogen (secondary N) is 1. The molecule has 37 heavy (non-hydrogen) atoms. The van der Waals surface area contributed by atoms with Crippen LogP contribution in [0.3, 0.4) is 0 Å². The van der Waals surface area contributed by atoms with Gasteiger partial charge in [-0.1, -0.05) is 56.2 Å². The van der Waals surface area contributed by atoms with Crippen LogP contribution in [0.15, 0.2) is 60.7 Å². The zero-order chi connectivity index (χ0) is 25.9. The first kappa shape index (κ1) is 24.8. The number of nitrogens with zero attached hydrogens (tertiary/aromatic N) is 2. The molecule has 1 atom stereocenters. The molecule has 0 aromatic heterocycles. The summed E-state index contributed by atoms with van der Waals surface area (Å²) in [6.07, 6.45) is 4.62. The van der Waals surface area contributed by atoms with E-state index in [1.165, 1.54) is 0 Å². The Morgan fingerprint density at radius 3 is 2.54 bits per heavy atom. The lowest BCUT2D eigenvalue weighted by atomic mass is 10.1. The van der Waals surface area contributed by atoms with Crippen LogP contribution in [-0.2, 0) is 16.1 Å². The maximum Gasteiger partial charge on any atom is 0.259 e. The molecule has 192 valence electrons. The molecular weight excluding hydrogens is 466 g/mol. The second-order valence-electron chi connectivity index (χ2n) is 9.86. The topological polar surface area (TPSA) is 79.0 Å². The number of carbonyl (C=O) groups is 3. The molecule has 1 saturated carbocycles. The maximum absolute atomic E-state index is 13.9. The van der Waals surface area contributed by atoms with Gasteiger partial charge in [0.05, 0.1) is 12.8 Å². The summed E-state index contributed by atoms with van der Waals surface area (Å²) in [4.78, 5) is 43.9. The van der Waals surface area contributed by atoms with Gasteiger partial charge in [-0.15, -0.1) is 0 Å². The zero-order valence-corrected chi connectivity index (χ0v) is 21.4. The van der Waals surface area contributed by atoms with Crippen LogP contribution in [0.5, 0.6) is 5.75 Å². The quantitative estimate of drug-likeness (QED) is 0.464. The van der Waals surface area contributed by atoms with Crippen molar-refractivity contribution in [3.05, 3.63) is 71.8 Å². The molecule has 3 amide bonds. The van der Waals surface area contributed by atoms with Crippen molar-refractivity contribution in [1.82, 2.24) is 10.2 Å². The van der Waals surface area contributed by atoms with Crippen molar-refractivity contribution in [3.63, 3.8) is 0 Å². The smallest absolute Gasteiger partial charge is 0.259 e. The fourth-order valence-corrected chi connectivity index (χ4v) is 5.62. The summed E-state index contributed by atoms with van der Waals surface area (Å²) in [6.45, 7) is 2.03. The van der Waals surface area contributed by atoms with Gasteiger partial charge in [-0.05, 0) is 54.5 Å². The maximum atomic E-state index is 13.9. The van der Waals surface area contributed by atoms with Gasteiger partial charge in [0.15, 0.2) is 0 Å². The molecule has 0 unspecified atom stereocenters. The Hall–Kier alpha value is -3.87. The van der Waals surface area contributed by atoms with Gasteiger partial charge in [0.1, 0.15) is 18.3 Å². The predicted octanol–water partition coefficient (Wildman–Crippen LogP) is 4.67. The van der Waals surface area contributed by atoms with Gasteiger partial charge in [0.25, 0.3) is 5.91 Å². The minimum absolute atomic E-state index is 0.135. The van der Waals surface area contributed by atoms with Crippen LogP contribution in [-0.4, -0.2) is 48.4 Å². The molecule has 0 bridgehead atoms. The van der Waals surface area contributed by atoms with Crippen LogP contribution in [0.2, 0.25) is 0 Å².